The maximum Gasteiger partial charge on any atom is 0.227 e. The lowest BCUT2D eigenvalue weighted by Crippen LogP contribution is -2.39. The molecule has 1 aromatic rings. The summed E-state index contributed by atoms with van der Waals surface area (Å²) in [5, 5.41) is 6.26. The summed E-state index contributed by atoms with van der Waals surface area (Å²) in [5.41, 5.74) is 5.00. The van der Waals surface area contributed by atoms with Gasteiger partial charge < -0.3 is 16.4 Å². The summed E-state index contributed by atoms with van der Waals surface area (Å²) in [6.07, 6.45) is 0. The van der Waals surface area contributed by atoms with Crippen molar-refractivity contribution < 1.29 is 4.79 Å². The van der Waals surface area contributed by atoms with Crippen LogP contribution in [0.15, 0.2) is 6.07 Å². The zero-order chi connectivity index (χ0) is 13.9. The van der Waals surface area contributed by atoms with Gasteiger partial charge in [-0.25, -0.2) is 4.98 Å². The Kier molecular flexibility index (Phi) is 4.65. The SMILES string of the molecule is CNC(=O)C(C)(C)CNc1nc(N)c(Cl)cc1Cl. The van der Waals surface area contributed by atoms with E-state index >= 15 is 0 Å². The van der Waals surface area contributed by atoms with Crippen LogP contribution in [0.1, 0.15) is 13.8 Å². The molecule has 0 aliphatic heterocycles. The predicted octanol–water partition coefficient (Wildman–Crippen LogP) is 2.15. The van der Waals surface area contributed by atoms with Crippen molar-refractivity contribution in [3.05, 3.63) is 16.1 Å². The van der Waals surface area contributed by atoms with E-state index in [0.717, 1.165) is 0 Å². The van der Waals surface area contributed by atoms with Gasteiger partial charge in [0.1, 0.15) is 11.6 Å². The standard InChI is InChI=1S/C11H16Cl2N4O/c1-11(2,10(18)15-3)5-16-9-7(13)4-6(12)8(14)17-9/h4H,5H2,1-3H3,(H,15,18)(H3,14,16,17). The van der Waals surface area contributed by atoms with Crippen LogP contribution in [-0.2, 0) is 4.79 Å². The van der Waals surface area contributed by atoms with Crippen molar-refractivity contribution in [2.75, 3.05) is 24.6 Å². The minimum atomic E-state index is -0.589. The van der Waals surface area contributed by atoms with Gasteiger partial charge in [0.15, 0.2) is 0 Å². The Morgan fingerprint density at radius 2 is 2.06 bits per heavy atom. The molecule has 0 bridgehead atoms. The third-order valence-electron chi connectivity index (χ3n) is 2.50. The van der Waals surface area contributed by atoms with Gasteiger partial charge in [-0.1, -0.05) is 23.2 Å². The molecule has 1 amide bonds. The lowest BCUT2D eigenvalue weighted by Gasteiger charge is -2.23. The third kappa shape index (κ3) is 3.40. The van der Waals surface area contributed by atoms with E-state index in [1.165, 1.54) is 6.07 Å². The van der Waals surface area contributed by atoms with Gasteiger partial charge in [-0.05, 0) is 19.9 Å². The van der Waals surface area contributed by atoms with Crippen LogP contribution in [0, 0.1) is 5.41 Å². The topological polar surface area (TPSA) is 80.0 Å². The molecule has 0 aliphatic rings. The monoisotopic (exact) mass is 290 g/mol. The molecular weight excluding hydrogens is 275 g/mol. The van der Waals surface area contributed by atoms with Crippen LogP contribution in [0.5, 0.6) is 0 Å². The first kappa shape index (κ1) is 14.9. The maximum absolute atomic E-state index is 11.6. The summed E-state index contributed by atoms with van der Waals surface area (Å²) in [6, 6.07) is 1.51. The number of hydrogen-bond acceptors (Lipinski definition) is 4. The fraction of sp³-hybridized carbons (Fsp3) is 0.455. The van der Waals surface area contributed by atoms with E-state index in [2.05, 4.69) is 15.6 Å². The van der Waals surface area contributed by atoms with Crippen LogP contribution in [0.25, 0.3) is 0 Å². The molecular formula is C11H16Cl2N4O. The summed E-state index contributed by atoms with van der Waals surface area (Å²) in [5.74, 6) is 0.532. The number of pyridine rings is 1. The third-order valence-corrected chi connectivity index (χ3v) is 3.09. The molecule has 7 heteroatoms. The lowest BCUT2D eigenvalue weighted by molar-refractivity contribution is -0.128. The second-order valence-electron chi connectivity index (χ2n) is 4.50. The average Bonchev–Trinajstić information content (AvgIpc) is 2.31. The number of nitrogen functional groups attached to an aromatic ring is 1. The van der Waals surface area contributed by atoms with Crippen molar-refractivity contribution in [3.63, 3.8) is 0 Å². The number of nitrogens with two attached hydrogens (primary N) is 1. The fourth-order valence-electron chi connectivity index (χ4n) is 1.33. The normalized spacial score (nSPS) is 11.2. The number of carbonyl (C=O) groups excluding carboxylic acids is 1. The number of rotatable bonds is 4. The molecule has 100 valence electrons. The molecule has 0 atom stereocenters. The highest BCUT2D eigenvalue weighted by Crippen LogP contribution is 2.28. The highest BCUT2D eigenvalue weighted by atomic mass is 35.5. The van der Waals surface area contributed by atoms with Crippen molar-refractivity contribution >= 4 is 40.7 Å². The molecule has 0 fully saturated rings. The Labute approximate surface area is 116 Å². The molecule has 0 aliphatic carbocycles. The smallest absolute Gasteiger partial charge is 0.227 e. The van der Waals surface area contributed by atoms with E-state index in [1.54, 1.807) is 7.05 Å². The molecule has 0 radical (unpaired) electrons. The van der Waals surface area contributed by atoms with E-state index in [4.69, 9.17) is 28.9 Å². The Morgan fingerprint density at radius 1 is 1.44 bits per heavy atom. The van der Waals surface area contributed by atoms with Gasteiger partial charge in [0, 0.05) is 13.6 Å². The second-order valence-corrected chi connectivity index (χ2v) is 5.32. The summed E-state index contributed by atoms with van der Waals surface area (Å²) in [6.45, 7) is 4.00. The first-order chi connectivity index (χ1) is 8.27. The van der Waals surface area contributed by atoms with Gasteiger partial charge in [-0.3, -0.25) is 4.79 Å². The molecule has 4 N–H and O–H groups in total. The van der Waals surface area contributed by atoms with Crippen molar-refractivity contribution in [2.45, 2.75) is 13.8 Å². The van der Waals surface area contributed by atoms with E-state index in [1.807, 2.05) is 13.8 Å². The van der Waals surface area contributed by atoms with Crippen molar-refractivity contribution in [1.29, 1.82) is 0 Å². The largest absolute Gasteiger partial charge is 0.382 e. The number of aromatic nitrogens is 1. The summed E-state index contributed by atoms with van der Waals surface area (Å²) in [7, 11) is 1.59. The molecule has 1 heterocycles. The molecule has 1 rings (SSSR count). The maximum atomic E-state index is 11.6. The number of nitrogens with zero attached hydrogens (tertiary/aromatic N) is 1. The predicted molar refractivity (Wildman–Crippen MR) is 75.0 cm³/mol. The second kappa shape index (κ2) is 5.63. The minimum Gasteiger partial charge on any atom is -0.382 e. The molecule has 0 unspecified atom stereocenters. The molecule has 0 spiro atoms. The Balaban J connectivity index is 2.81. The number of amides is 1. The van der Waals surface area contributed by atoms with Crippen LogP contribution < -0.4 is 16.4 Å². The quantitative estimate of drug-likeness (QED) is 0.794. The van der Waals surface area contributed by atoms with Crippen LogP contribution in [-0.4, -0.2) is 24.5 Å². The number of carbonyl (C=O) groups is 1. The number of anilines is 2. The highest BCUT2D eigenvalue weighted by Gasteiger charge is 2.26. The summed E-state index contributed by atoms with van der Waals surface area (Å²) in [4.78, 5) is 15.6. The average molecular weight is 291 g/mol. The first-order valence-corrected chi connectivity index (χ1v) is 6.11. The lowest BCUT2D eigenvalue weighted by atomic mass is 9.92. The van der Waals surface area contributed by atoms with Gasteiger partial charge in [0.2, 0.25) is 5.91 Å². The summed E-state index contributed by atoms with van der Waals surface area (Å²) < 4.78 is 0. The molecule has 0 saturated heterocycles. The Morgan fingerprint density at radius 3 is 2.61 bits per heavy atom. The van der Waals surface area contributed by atoms with E-state index in [-0.39, 0.29) is 11.7 Å². The molecule has 1 aromatic heterocycles. The van der Waals surface area contributed by atoms with E-state index in [9.17, 15) is 4.79 Å². The number of nitrogens with one attached hydrogen (secondary N) is 2. The number of hydrogen-bond donors (Lipinski definition) is 3. The van der Waals surface area contributed by atoms with Crippen LogP contribution >= 0.6 is 23.2 Å². The van der Waals surface area contributed by atoms with E-state index in [0.29, 0.717) is 22.4 Å². The van der Waals surface area contributed by atoms with Gasteiger partial charge in [0.25, 0.3) is 0 Å². The van der Waals surface area contributed by atoms with E-state index < -0.39 is 5.41 Å². The van der Waals surface area contributed by atoms with Crippen molar-refractivity contribution in [1.82, 2.24) is 10.3 Å². The van der Waals surface area contributed by atoms with Crippen LogP contribution in [0.2, 0.25) is 10.0 Å². The van der Waals surface area contributed by atoms with Gasteiger partial charge >= 0.3 is 0 Å². The number of halogens is 2. The Bertz CT molecular complexity index is 463. The minimum absolute atomic E-state index is 0.0759. The fourth-order valence-corrected chi connectivity index (χ4v) is 1.75. The highest BCUT2D eigenvalue weighted by molar-refractivity contribution is 6.37. The van der Waals surface area contributed by atoms with Crippen molar-refractivity contribution in [2.24, 2.45) is 5.41 Å². The molecule has 5 nitrogen and oxygen atoms in total. The molecule has 18 heavy (non-hydrogen) atoms. The van der Waals surface area contributed by atoms with Crippen LogP contribution in [0.3, 0.4) is 0 Å². The zero-order valence-corrected chi connectivity index (χ0v) is 12.0. The van der Waals surface area contributed by atoms with Gasteiger partial charge in [-0.2, -0.15) is 0 Å². The van der Waals surface area contributed by atoms with Crippen LogP contribution in [0.4, 0.5) is 11.6 Å². The van der Waals surface area contributed by atoms with Gasteiger partial charge in [-0.15, -0.1) is 0 Å². The van der Waals surface area contributed by atoms with Crippen molar-refractivity contribution in [3.8, 4) is 0 Å². The Hall–Kier alpha value is -1.20. The first-order valence-electron chi connectivity index (χ1n) is 5.35. The zero-order valence-electron chi connectivity index (χ0n) is 10.5. The van der Waals surface area contributed by atoms with Gasteiger partial charge in [0.05, 0.1) is 15.5 Å². The molecule has 0 saturated carbocycles. The molecule has 0 aromatic carbocycles. The summed E-state index contributed by atoms with van der Waals surface area (Å²) >= 11 is 11.8.